The van der Waals surface area contributed by atoms with Crippen LogP contribution in [0.3, 0.4) is 0 Å². The lowest BCUT2D eigenvalue weighted by Crippen LogP contribution is -2.48. The zero-order valence-electron chi connectivity index (χ0n) is 18.7. The van der Waals surface area contributed by atoms with Gasteiger partial charge in [0.1, 0.15) is 22.3 Å². The molecule has 1 saturated heterocycles. The number of furan rings is 1. The van der Waals surface area contributed by atoms with Crippen molar-refractivity contribution in [2.24, 2.45) is 0 Å². The minimum absolute atomic E-state index is 0.169. The third-order valence-electron chi connectivity index (χ3n) is 5.89. The summed E-state index contributed by atoms with van der Waals surface area (Å²) < 4.78 is 24.9. The molecule has 6 nitrogen and oxygen atoms in total. The molecule has 1 fully saturated rings. The van der Waals surface area contributed by atoms with Crippen molar-refractivity contribution in [3.05, 3.63) is 83.3 Å². The third-order valence-corrected chi connectivity index (χ3v) is 6.83. The first-order chi connectivity index (χ1) is 16.6. The Morgan fingerprint density at radius 1 is 1.06 bits per heavy atom. The lowest BCUT2D eigenvalue weighted by Gasteiger charge is -2.33. The molecule has 0 bridgehead atoms. The Bertz CT molecular complexity index is 1280. The molecule has 1 aliphatic rings. The third kappa shape index (κ3) is 4.73. The van der Waals surface area contributed by atoms with Gasteiger partial charge >= 0.3 is 0 Å². The number of carbonyl (C=O) groups is 1. The summed E-state index contributed by atoms with van der Waals surface area (Å²) in [7, 11) is 1.65. The number of thiazole rings is 1. The highest BCUT2D eigenvalue weighted by Crippen LogP contribution is 2.27. The second kappa shape index (κ2) is 9.79. The summed E-state index contributed by atoms with van der Waals surface area (Å²) in [6.45, 7) is 3.45. The van der Waals surface area contributed by atoms with E-state index in [1.54, 1.807) is 53.7 Å². The number of aromatic nitrogens is 1. The van der Waals surface area contributed by atoms with E-state index in [-0.39, 0.29) is 17.5 Å². The van der Waals surface area contributed by atoms with Gasteiger partial charge in [-0.3, -0.25) is 9.69 Å². The standard InChI is InChI=1S/C26H24FN3O3S/c1-32-20-8-6-18(7-9-20)25-28-19(17-34-25)16-29-12-14-30(15-13-29)26(31)24-11-10-23(33-24)21-4-2-3-5-22(21)27/h2-11,17H,12-16H2,1H3. The van der Waals surface area contributed by atoms with Crippen molar-refractivity contribution < 1.29 is 18.3 Å². The molecule has 0 unspecified atom stereocenters. The van der Waals surface area contributed by atoms with Crippen molar-refractivity contribution >= 4 is 17.2 Å². The van der Waals surface area contributed by atoms with Gasteiger partial charge in [0, 0.05) is 43.7 Å². The molecule has 0 spiro atoms. The Hall–Kier alpha value is -3.49. The van der Waals surface area contributed by atoms with Gasteiger partial charge in [-0.05, 0) is 48.5 Å². The summed E-state index contributed by atoms with van der Waals surface area (Å²) in [5, 5.41) is 3.07. The van der Waals surface area contributed by atoms with Crippen LogP contribution in [0.2, 0.25) is 0 Å². The van der Waals surface area contributed by atoms with Crippen LogP contribution in [0.1, 0.15) is 16.2 Å². The molecule has 34 heavy (non-hydrogen) atoms. The number of halogens is 1. The molecular weight excluding hydrogens is 453 g/mol. The highest BCUT2D eigenvalue weighted by atomic mass is 32.1. The molecule has 4 aromatic rings. The van der Waals surface area contributed by atoms with Crippen LogP contribution in [-0.2, 0) is 6.54 Å². The van der Waals surface area contributed by atoms with Gasteiger partial charge in [-0.2, -0.15) is 0 Å². The normalized spacial score (nSPS) is 14.4. The average molecular weight is 478 g/mol. The minimum Gasteiger partial charge on any atom is -0.497 e. The summed E-state index contributed by atoms with van der Waals surface area (Å²) in [4.78, 5) is 21.8. The number of carbonyl (C=O) groups excluding carboxylic acids is 1. The highest BCUT2D eigenvalue weighted by Gasteiger charge is 2.25. The molecular formula is C26H24FN3O3S. The molecule has 0 atom stereocenters. The average Bonchev–Trinajstić information content (AvgIpc) is 3.55. The van der Waals surface area contributed by atoms with Crippen molar-refractivity contribution in [2.45, 2.75) is 6.54 Å². The quantitative estimate of drug-likeness (QED) is 0.383. The Balaban J connectivity index is 1.17. The Labute approximate surface area is 201 Å². The fourth-order valence-electron chi connectivity index (χ4n) is 4.00. The molecule has 2 aromatic carbocycles. The molecule has 174 valence electrons. The molecule has 1 amide bonds. The van der Waals surface area contributed by atoms with E-state index in [1.165, 1.54) is 6.07 Å². The maximum Gasteiger partial charge on any atom is 0.289 e. The first-order valence-corrected chi connectivity index (χ1v) is 11.9. The Morgan fingerprint density at radius 2 is 1.82 bits per heavy atom. The van der Waals surface area contributed by atoms with Crippen molar-refractivity contribution in [3.8, 4) is 27.6 Å². The maximum absolute atomic E-state index is 14.0. The topological polar surface area (TPSA) is 58.8 Å². The number of hydrogen-bond donors (Lipinski definition) is 0. The molecule has 5 rings (SSSR count). The van der Waals surface area contributed by atoms with E-state index in [9.17, 15) is 9.18 Å². The van der Waals surface area contributed by atoms with E-state index in [2.05, 4.69) is 10.3 Å². The fraction of sp³-hybridized carbons (Fsp3) is 0.231. The molecule has 8 heteroatoms. The van der Waals surface area contributed by atoms with Crippen LogP contribution in [0.4, 0.5) is 4.39 Å². The van der Waals surface area contributed by atoms with Gasteiger partial charge in [0.2, 0.25) is 0 Å². The second-order valence-corrected chi connectivity index (χ2v) is 8.94. The molecule has 0 saturated carbocycles. The van der Waals surface area contributed by atoms with Gasteiger partial charge in [0.15, 0.2) is 5.76 Å². The number of rotatable bonds is 6. The van der Waals surface area contributed by atoms with Crippen molar-refractivity contribution in [1.82, 2.24) is 14.8 Å². The van der Waals surface area contributed by atoms with E-state index >= 15 is 0 Å². The zero-order valence-corrected chi connectivity index (χ0v) is 19.6. The summed E-state index contributed by atoms with van der Waals surface area (Å²) in [5.41, 5.74) is 2.44. The molecule has 0 N–H and O–H groups in total. The maximum atomic E-state index is 14.0. The number of methoxy groups -OCH3 is 1. The van der Waals surface area contributed by atoms with Crippen LogP contribution in [0, 0.1) is 5.82 Å². The lowest BCUT2D eigenvalue weighted by molar-refractivity contribution is 0.0597. The second-order valence-electron chi connectivity index (χ2n) is 8.08. The van der Waals surface area contributed by atoms with Gasteiger partial charge in [0.25, 0.3) is 5.91 Å². The van der Waals surface area contributed by atoms with Gasteiger partial charge in [-0.15, -0.1) is 11.3 Å². The number of nitrogens with zero attached hydrogens (tertiary/aromatic N) is 3. The smallest absolute Gasteiger partial charge is 0.289 e. The van der Waals surface area contributed by atoms with Gasteiger partial charge in [-0.25, -0.2) is 9.37 Å². The van der Waals surface area contributed by atoms with E-state index < -0.39 is 0 Å². The van der Waals surface area contributed by atoms with Gasteiger partial charge in [0.05, 0.1) is 18.4 Å². The van der Waals surface area contributed by atoms with Crippen molar-refractivity contribution in [3.63, 3.8) is 0 Å². The van der Waals surface area contributed by atoms with Crippen LogP contribution in [-0.4, -0.2) is 54.0 Å². The predicted molar refractivity (Wildman–Crippen MR) is 129 cm³/mol. The molecule has 0 aliphatic carbocycles. The monoisotopic (exact) mass is 477 g/mol. The number of hydrogen-bond acceptors (Lipinski definition) is 6. The Kier molecular flexibility index (Phi) is 6.42. The summed E-state index contributed by atoms with van der Waals surface area (Å²) in [6.07, 6.45) is 0. The van der Waals surface area contributed by atoms with Crippen molar-refractivity contribution in [2.75, 3.05) is 33.3 Å². The van der Waals surface area contributed by atoms with E-state index in [1.807, 2.05) is 24.3 Å². The lowest BCUT2D eigenvalue weighted by atomic mass is 10.1. The van der Waals surface area contributed by atoms with E-state index in [4.69, 9.17) is 14.1 Å². The first kappa shape index (κ1) is 22.3. The molecule has 0 radical (unpaired) electrons. The molecule has 2 aromatic heterocycles. The summed E-state index contributed by atoms with van der Waals surface area (Å²) >= 11 is 1.63. The predicted octanol–water partition coefficient (Wildman–Crippen LogP) is 5.18. The number of benzene rings is 2. The van der Waals surface area contributed by atoms with Gasteiger partial charge < -0.3 is 14.1 Å². The van der Waals surface area contributed by atoms with Crippen LogP contribution in [0.25, 0.3) is 21.9 Å². The molecule has 1 aliphatic heterocycles. The number of amides is 1. The highest BCUT2D eigenvalue weighted by molar-refractivity contribution is 7.13. The van der Waals surface area contributed by atoms with Gasteiger partial charge in [-0.1, -0.05) is 12.1 Å². The summed E-state index contributed by atoms with van der Waals surface area (Å²) in [6, 6.07) is 17.5. The first-order valence-electron chi connectivity index (χ1n) is 11.1. The van der Waals surface area contributed by atoms with E-state index in [0.29, 0.717) is 24.4 Å². The molecule has 3 heterocycles. The van der Waals surface area contributed by atoms with Crippen LogP contribution >= 0.6 is 11.3 Å². The SMILES string of the molecule is COc1ccc(-c2nc(CN3CCN(C(=O)c4ccc(-c5ccccc5F)o4)CC3)cs2)cc1. The van der Waals surface area contributed by atoms with Crippen molar-refractivity contribution in [1.29, 1.82) is 0 Å². The minimum atomic E-state index is -0.373. The van der Waals surface area contributed by atoms with Crippen LogP contribution in [0.15, 0.2) is 70.5 Å². The van der Waals surface area contributed by atoms with Crippen LogP contribution in [0.5, 0.6) is 5.75 Å². The number of ether oxygens (including phenoxy) is 1. The fourth-order valence-corrected chi connectivity index (χ4v) is 4.82. The largest absolute Gasteiger partial charge is 0.497 e. The zero-order chi connectivity index (χ0) is 23.5. The summed E-state index contributed by atoms with van der Waals surface area (Å²) in [5.74, 6) is 0.872. The number of piperazine rings is 1. The van der Waals surface area contributed by atoms with E-state index in [0.717, 1.165) is 41.6 Å². The Morgan fingerprint density at radius 3 is 2.56 bits per heavy atom. The van der Waals surface area contributed by atoms with Crippen LogP contribution < -0.4 is 4.74 Å².